The van der Waals surface area contributed by atoms with Crippen LogP contribution < -0.4 is 9.47 Å². The zero-order valence-corrected chi connectivity index (χ0v) is 12.5. The predicted octanol–water partition coefficient (Wildman–Crippen LogP) is 3.68. The van der Waals surface area contributed by atoms with Crippen molar-refractivity contribution in [2.45, 2.75) is 6.92 Å². The molecule has 0 amide bonds. The Labute approximate surface area is 127 Å². The van der Waals surface area contributed by atoms with Crippen LogP contribution in [0.15, 0.2) is 36.4 Å². The van der Waals surface area contributed by atoms with Gasteiger partial charge in [0.25, 0.3) is 0 Å². The molecule has 2 rings (SSSR count). The fourth-order valence-electron chi connectivity index (χ4n) is 1.95. The van der Waals surface area contributed by atoms with Crippen molar-refractivity contribution in [3.8, 4) is 17.2 Å². The maximum absolute atomic E-state index is 12.5. The summed E-state index contributed by atoms with van der Waals surface area (Å²) in [6.07, 6.45) is 0. The molecule has 0 spiro atoms. The second-order valence-corrected chi connectivity index (χ2v) is 4.72. The third-order valence-electron chi connectivity index (χ3n) is 2.93. The van der Waals surface area contributed by atoms with Gasteiger partial charge in [-0.3, -0.25) is 4.79 Å². The average Bonchev–Trinajstić information content (AvgIpc) is 2.49. The molecule has 2 aromatic rings. The molecule has 0 bridgehead atoms. The van der Waals surface area contributed by atoms with Crippen LogP contribution >= 0.6 is 11.6 Å². The molecule has 1 N–H and O–H groups in total. The Balaban J connectivity index is 2.45. The van der Waals surface area contributed by atoms with Crippen molar-refractivity contribution in [3.05, 3.63) is 52.5 Å². The molecule has 0 radical (unpaired) electrons. The SMILES string of the molecule is CCOc1ccc(C(=O)c2cc(Cl)ccc2O)c(OC)c1. The Bertz CT molecular complexity index is 667. The Hall–Kier alpha value is -2.20. The quantitative estimate of drug-likeness (QED) is 0.856. The molecule has 110 valence electrons. The Morgan fingerprint density at radius 3 is 2.62 bits per heavy atom. The largest absolute Gasteiger partial charge is 0.507 e. The van der Waals surface area contributed by atoms with Crippen LogP contribution in [0.5, 0.6) is 17.2 Å². The summed E-state index contributed by atoms with van der Waals surface area (Å²) < 4.78 is 10.6. The molecule has 5 heteroatoms. The summed E-state index contributed by atoms with van der Waals surface area (Å²) in [4.78, 5) is 12.5. The fraction of sp³-hybridized carbons (Fsp3) is 0.188. The number of phenols is 1. The number of rotatable bonds is 5. The molecule has 21 heavy (non-hydrogen) atoms. The van der Waals surface area contributed by atoms with Gasteiger partial charge in [0, 0.05) is 11.1 Å². The zero-order chi connectivity index (χ0) is 15.4. The highest BCUT2D eigenvalue weighted by molar-refractivity contribution is 6.31. The normalized spacial score (nSPS) is 10.2. The maximum atomic E-state index is 12.5. The summed E-state index contributed by atoms with van der Waals surface area (Å²) in [6, 6.07) is 9.25. The van der Waals surface area contributed by atoms with Crippen LogP contribution in [0.25, 0.3) is 0 Å². The highest BCUT2D eigenvalue weighted by Crippen LogP contribution is 2.30. The lowest BCUT2D eigenvalue weighted by molar-refractivity contribution is 0.103. The molecule has 0 heterocycles. The van der Waals surface area contributed by atoms with Gasteiger partial charge in [-0.1, -0.05) is 11.6 Å². The van der Waals surface area contributed by atoms with E-state index in [0.29, 0.717) is 28.7 Å². The topological polar surface area (TPSA) is 55.8 Å². The first-order chi connectivity index (χ1) is 10.1. The second kappa shape index (κ2) is 6.50. The van der Waals surface area contributed by atoms with Gasteiger partial charge in [0.15, 0.2) is 0 Å². The minimum atomic E-state index is -0.366. The Morgan fingerprint density at radius 1 is 1.19 bits per heavy atom. The fourth-order valence-corrected chi connectivity index (χ4v) is 2.12. The van der Waals surface area contributed by atoms with E-state index in [1.165, 1.54) is 25.3 Å². The monoisotopic (exact) mass is 306 g/mol. The van der Waals surface area contributed by atoms with Crippen molar-refractivity contribution in [1.82, 2.24) is 0 Å². The van der Waals surface area contributed by atoms with E-state index in [4.69, 9.17) is 21.1 Å². The molecule has 2 aromatic carbocycles. The molecule has 0 saturated heterocycles. The van der Waals surface area contributed by atoms with Crippen LogP contribution in [0.1, 0.15) is 22.8 Å². The number of benzene rings is 2. The Morgan fingerprint density at radius 2 is 1.95 bits per heavy atom. The molecule has 0 aliphatic rings. The molecule has 0 aromatic heterocycles. The number of ketones is 1. The van der Waals surface area contributed by atoms with E-state index < -0.39 is 0 Å². The molecule has 0 unspecified atom stereocenters. The average molecular weight is 307 g/mol. The van der Waals surface area contributed by atoms with Crippen LogP contribution in [0.3, 0.4) is 0 Å². The van der Waals surface area contributed by atoms with Gasteiger partial charge in [-0.05, 0) is 37.3 Å². The number of carbonyl (C=O) groups is 1. The van der Waals surface area contributed by atoms with Crippen molar-refractivity contribution in [3.63, 3.8) is 0 Å². The number of carbonyl (C=O) groups excluding carboxylic acids is 1. The number of methoxy groups -OCH3 is 1. The molecule has 0 aliphatic carbocycles. The van der Waals surface area contributed by atoms with Crippen molar-refractivity contribution in [2.24, 2.45) is 0 Å². The number of aromatic hydroxyl groups is 1. The summed E-state index contributed by atoms with van der Waals surface area (Å²) in [5, 5.41) is 10.2. The van der Waals surface area contributed by atoms with E-state index in [1.54, 1.807) is 18.2 Å². The summed E-state index contributed by atoms with van der Waals surface area (Å²) >= 11 is 5.87. The van der Waals surface area contributed by atoms with E-state index in [9.17, 15) is 9.90 Å². The number of ether oxygens (including phenoxy) is 2. The van der Waals surface area contributed by atoms with Crippen LogP contribution in [-0.4, -0.2) is 24.6 Å². The van der Waals surface area contributed by atoms with Gasteiger partial charge in [-0.2, -0.15) is 0 Å². The van der Waals surface area contributed by atoms with Crippen molar-refractivity contribution in [2.75, 3.05) is 13.7 Å². The molecule has 0 atom stereocenters. The van der Waals surface area contributed by atoms with E-state index in [0.717, 1.165) is 0 Å². The third-order valence-corrected chi connectivity index (χ3v) is 3.17. The van der Waals surface area contributed by atoms with Gasteiger partial charge in [-0.25, -0.2) is 0 Å². The smallest absolute Gasteiger partial charge is 0.200 e. The van der Waals surface area contributed by atoms with Crippen LogP contribution in [-0.2, 0) is 0 Å². The van der Waals surface area contributed by atoms with Crippen LogP contribution in [0.4, 0.5) is 0 Å². The molecule has 0 fully saturated rings. The number of hydrogen-bond donors (Lipinski definition) is 1. The van der Waals surface area contributed by atoms with Gasteiger partial charge in [0.2, 0.25) is 5.78 Å². The number of hydrogen-bond acceptors (Lipinski definition) is 4. The third kappa shape index (κ3) is 3.28. The van der Waals surface area contributed by atoms with Crippen molar-refractivity contribution >= 4 is 17.4 Å². The first-order valence-electron chi connectivity index (χ1n) is 6.41. The zero-order valence-electron chi connectivity index (χ0n) is 11.7. The van der Waals surface area contributed by atoms with Gasteiger partial charge < -0.3 is 14.6 Å². The van der Waals surface area contributed by atoms with E-state index >= 15 is 0 Å². The lowest BCUT2D eigenvalue weighted by Crippen LogP contribution is -2.05. The van der Waals surface area contributed by atoms with Crippen molar-refractivity contribution in [1.29, 1.82) is 0 Å². The van der Waals surface area contributed by atoms with E-state index in [-0.39, 0.29) is 17.1 Å². The standard InChI is InChI=1S/C16H15ClO4/c1-3-21-11-5-6-12(15(9-11)20-2)16(19)13-8-10(17)4-7-14(13)18/h4-9,18H,3H2,1-2H3. The van der Waals surface area contributed by atoms with Gasteiger partial charge in [-0.15, -0.1) is 0 Å². The minimum Gasteiger partial charge on any atom is -0.507 e. The highest BCUT2D eigenvalue weighted by Gasteiger charge is 2.18. The molecule has 4 nitrogen and oxygen atoms in total. The number of halogens is 1. The van der Waals surface area contributed by atoms with Gasteiger partial charge in [0.05, 0.1) is 24.8 Å². The van der Waals surface area contributed by atoms with Crippen molar-refractivity contribution < 1.29 is 19.4 Å². The summed E-state index contributed by atoms with van der Waals surface area (Å²) in [5.74, 6) is 0.502. The Kier molecular flexibility index (Phi) is 4.70. The highest BCUT2D eigenvalue weighted by atomic mass is 35.5. The number of phenolic OH excluding ortho intramolecular Hbond substituents is 1. The van der Waals surface area contributed by atoms with E-state index in [1.807, 2.05) is 6.92 Å². The first kappa shape index (κ1) is 15.2. The molecular formula is C16H15ClO4. The molecule has 0 saturated carbocycles. The van der Waals surface area contributed by atoms with Crippen LogP contribution in [0.2, 0.25) is 5.02 Å². The molecular weight excluding hydrogens is 292 g/mol. The van der Waals surface area contributed by atoms with Crippen LogP contribution in [0, 0.1) is 0 Å². The lowest BCUT2D eigenvalue weighted by Gasteiger charge is -2.11. The maximum Gasteiger partial charge on any atom is 0.200 e. The first-order valence-corrected chi connectivity index (χ1v) is 6.78. The summed E-state index contributed by atoms with van der Waals surface area (Å²) in [5.41, 5.74) is 0.462. The summed E-state index contributed by atoms with van der Waals surface area (Å²) in [7, 11) is 1.47. The van der Waals surface area contributed by atoms with Gasteiger partial charge in [0.1, 0.15) is 17.2 Å². The van der Waals surface area contributed by atoms with E-state index in [2.05, 4.69) is 0 Å². The predicted molar refractivity (Wildman–Crippen MR) is 80.7 cm³/mol. The summed E-state index contributed by atoms with van der Waals surface area (Å²) in [6.45, 7) is 2.39. The molecule has 0 aliphatic heterocycles. The second-order valence-electron chi connectivity index (χ2n) is 4.29. The van der Waals surface area contributed by atoms with Gasteiger partial charge >= 0.3 is 0 Å². The minimum absolute atomic E-state index is 0.125. The lowest BCUT2D eigenvalue weighted by atomic mass is 10.0.